The van der Waals surface area contributed by atoms with Crippen LogP contribution in [0.5, 0.6) is 0 Å². The van der Waals surface area contributed by atoms with E-state index in [0.717, 1.165) is 33.2 Å². The van der Waals surface area contributed by atoms with E-state index >= 15 is 0 Å². The zero-order valence-electron chi connectivity index (χ0n) is 11.3. The summed E-state index contributed by atoms with van der Waals surface area (Å²) in [5.41, 5.74) is 10.1. The molecule has 3 rings (SSSR count). The summed E-state index contributed by atoms with van der Waals surface area (Å²) >= 11 is 1.62. The Kier molecular flexibility index (Phi) is 3.40. The maximum atomic E-state index is 11.5. The van der Waals surface area contributed by atoms with Gasteiger partial charge in [-0.05, 0) is 43.2 Å². The van der Waals surface area contributed by atoms with Gasteiger partial charge in [0.1, 0.15) is 0 Å². The summed E-state index contributed by atoms with van der Waals surface area (Å²) in [7, 11) is 0. The molecule has 102 valence electrons. The Morgan fingerprint density at radius 3 is 2.65 bits per heavy atom. The molecular weight excluding hydrogens is 268 g/mol. The van der Waals surface area contributed by atoms with Gasteiger partial charge in [0, 0.05) is 27.6 Å². The van der Waals surface area contributed by atoms with Crippen molar-refractivity contribution in [1.82, 2.24) is 0 Å². The molecule has 1 amide bonds. The monoisotopic (exact) mass is 284 g/mol. The lowest BCUT2D eigenvalue weighted by Gasteiger charge is -2.19. The summed E-state index contributed by atoms with van der Waals surface area (Å²) in [5, 5.41) is 2.91. The molecule has 2 aromatic rings. The minimum Gasteiger partial charge on any atom is -0.398 e. The van der Waals surface area contributed by atoms with Crippen LogP contribution in [-0.4, -0.2) is 5.91 Å². The molecule has 3 nitrogen and oxygen atoms in total. The molecule has 1 aliphatic rings. The third-order valence-corrected chi connectivity index (χ3v) is 4.46. The number of benzene rings is 2. The van der Waals surface area contributed by atoms with Crippen LogP contribution >= 0.6 is 11.8 Å². The van der Waals surface area contributed by atoms with Gasteiger partial charge in [0.05, 0.1) is 0 Å². The largest absolute Gasteiger partial charge is 0.398 e. The lowest BCUT2D eigenvalue weighted by Crippen LogP contribution is -2.19. The number of rotatable bonds is 2. The number of hydrogen-bond donors (Lipinski definition) is 2. The molecule has 0 spiro atoms. The standard InChI is InChI=1S/C16H16N2OS/c1-10-2-5-12(6-3-10)20-15-9-14-11(8-13(15)17)4-7-16(19)18-14/h2-3,5-6,8-9H,4,7,17H2,1H3,(H,18,19). The Morgan fingerprint density at radius 2 is 1.90 bits per heavy atom. The van der Waals surface area contributed by atoms with Crippen molar-refractivity contribution in [3.63, 3.8) is 0 Å². The summed E-state index contributed by atoms with van der Waals surface area (Å²) in [6.45, 7) is 2.07. The van der Waals surface area contributed by atoms with Crippen molar-refractivity contribution in [3.8, 4) is 0 Å². The smallest absolute Gasteiger partial charge is 0.224 e. The van der Waals surface area contributed by atoms with Crippen LogP contribution < -0.4 is 11.1 Å². The van der Waals surface area contributed by atoms with E-state index in [-0.39, 0.29) is 5.91 Å². The fourth-order valence-electron chi connectivity index (χ4n) is 2.25. The molecule has 0 atom stereocenters. The SMILES string of the molecule is Cc1ccc(Sc2cc3c(cc2N)CCC(=O)N3)cc1. The molecule has 0 radical (unpaired) electrons. The number of aryl methyl sites for hydroxylation is 2. The average Bonchev–Trinajstić information content (AvgIpc) is 2.42. The predicted octanol–water partition coefficient (Wildman–Crippen LogP) is 3.61. The fraction of sp³-hybridized carbons (Fsp3) is 0.188. The lowest BCUT2D eigenvalue weighted by atomic mass is 10.0. The molecule has 0 aromatic heterocycles. The number of fused-ring (bicyclic) bond motifs is 1. The first kappa shape index (κ1) is 13.1. The van der Waals surface area contributed by atoms with Crippen LogP contribution in [0.15, 0.2) is 46.2 Å². The van der Waals surface area contributed by atoms with Gasteiger partial charge in [-0.2, -0.15) is 0 Å². The summed E-state index contributed by atoms with van der Waals surface area (Å²) in [6.07, 6.45) is 1.30. The van der Waals surface area contributed by atoms with E-state index in [4.69, 9.17) is 5.73 Å². The second-order valence-electron chi connectivity index (χ2n) is 5.01. The number of nitrogens with two attached hydrogens (primary N) is 1. The summed E-state index contributed by atoms with van der Waals surface area (Å²) < 4.78 is 0. The molecule has 0 aliphatic carbocycles. The summed E-state index contributed by atoms with van der Waals surface area (Å²) in [4.78, 5) is 13.6. The number of carbonyl (C=O) groups excluding carboxylic acids is 1. The van der Waals surface area contributed by atoms with Gasteiger partial charge in [-0.25, -0.2) is 0 Å². The van der Waals surface area contributed by atoms with Crippen molar-refractivity contribution in [2.45, 2.75) is 29.6 Å². The molecule has 3 N–H and O–H groups in total. The van der Waals surface area contributed by atoms with Crippen molar-refractivity contribution in [2.75, 3.05) is 11.1 Å². The summed E-state index contributed by atoms with van der Waals surface area (Å²) in [6, 6.07) is 12.3. The van der Waals surface area contributed by atoms with Crippen LogP contribution in [0.25, 0.3) is 0 Å². The first-order chi connectivity index (χ1) is 9.61. The van der Waals surface area contributed by atoms with E-state index in [1.165, 1.54) is 5.56 Å². The van der Waals surface area contributed by atoms with E-state index in [2.05, 4.69) is 36.5 Å². The van der Waals surface area contributed by atoms with Gasteiger partial charge in [-0.1, -0.05) is 29.5 Å². The molecule has 1 aliphatic heterocycles. The predicted molar refractivity (Wildman–Crippen MR) is 83.1 cm³/mol. The van der Waals surface area contributed by atoms with Crippen molar-refractivity contribution in [3.05, 3.63) is 47.5 Å². The molecule has 0 saturated carbocycles. The second-order valence-corrected chi connectivity index (χ2v) is 6.13. The highest BCUT2D eigenvalue weighted by Gasteiger charge is 2.17. The highest BCUT2D eigenvalue weighted by molar-refractivity contribution is 7.99. The van der Waals surface area contributed by atoms with Crippen LogP contribution in [0, 0.1) is 6.92 Å². The highest BCUT2D eigenvalue weighted by Crippen LogP contribution is 2.37. The number of anilines is 2. The van der Waals surface area contributed by atoms with Crippen molar-refractivity contribution in [2.24, 2.45) is 0 Å². The van der Waals surface area contributed by atoms with Crippen LogP contribution in [0.2, 0.25) is 0 Å². The van der Waals surface area contributed by atoms with Gasteiger partial charge in [-0.15, -0.1) is 0 Å². The molecule has 1 heterocycles. The molecule has 0 bridgehead atoms. The first-order valence-electron chi connectivity index (χ1n) is 6.58. The number of hydrogen-bond acceptors (Lipinski definition) is 3. The Bertz CT molecular complexity index is 665. The van der Waals surface area contributed by atoms with Gasteiger partial charge < -0.3 is 11.1 Å². The van der Waals surface area contributed by atoms with Crippen LogP contribution in [0.3, 0.4) is 0 Å². The van der Waals surface area contributed by atoms with E-state index in [1.807, 2.05) is 12.1 Å². The third-order valence-electron chi connectivity index (χ3n) is 3.38. The fourth-order valence-corrected chi connectivity index (χ4v) is 3.13. The molecule has 0 saturated heterocycles. The highest BCUT2D eigenvalue weighted by atomic mass is 32.2. The van der Waals surface area contributed by atoms with Crippen molar-refractivity contribution in [1.29, 1.82) is 0 Å². The number of amides is 1. The van der Waals surface area contributed by atoms with E-state index in [1.54, 1.807) is 11.8 Å². The van der Waals surface area contributed by atoms with E-state index < -0.39 is 0 Å². The van der Waals surface area contributed by atoms with Crippen LogP contribution in [0.1, 0.15) is 17.5 Å². The molecular formula is C16H16N2OS. The van der Waals surface area contributed by atoms with Gasteiger partial charge >= 0.3 is 0 Å². The van der Waals surface area contributed by atoms with Crippen molar-refractivity contribution >= 4 is 29.0 Å². The molecule has 0 unspecified atom stereocenters. The lowest BCUT2D eigenvalue weighted by molar-refractivity contribution is -0.116. The maximum Gasteiger partial charge on any atom is 0.224 e. The Morgan fingerprint density at radius 1 is 1.15 bits per heavy atom. The van der Waals surface area contributed by atoms with E-state index in [0.29, 0.717) is 6.42 Å². The number of carbonyl (C=O) groups is 1. The minimum absolute atomic E-state index is 0.0774. The maximum absolute atomic E-state index is 11.5. The van der Waals surface area contributed by atoms with Crippen LogP contribution in [0.4, 0.5) is 11.4 Å². The molecule has 20 heavy (non-hydrogen) atoms. The quantitative estimate of drug-likeness (QED) is 0.828. The van der Waals surface area contributed by atoms with Gasteiger partial charge in [0.15, 0.2) is 0 Å². The van der Waals surface area contributed by atoms with Crippen molar-refractivity contribution < 1.29 is 4.79 Å². The third kappa shape index (κ3) is 2.65. The zero-order chi connectivity index (χ0) is 14.1. The van der Waals surface area contributed by atoms with E-state index in [9.17, 15) is 4.79 Å². The van der Waals surface area contributed by atoms with Crippen LogP contribution in [-0.2, 0) is 11.2 Å². The van der Waals surface area contributed by atoms with Gasteiger partial charge in [0.25, 0.3) is 0 Å². The Hall–Kier alpha value is -1.94. The normalized spacial score (nSPS) is 13.8. The van der Waals surface area contributed by atoms with Gasteiger partial charge in [0.2, 0.25) is 5.91 Å². The number of nitrogen functional groups attached to an aromatic ring is 1. The zero-order valence-corrected chi connectivity index (χ0v) is 12.1. The molecule has 0 fully saturated rings. The topological polar surface area (TPSA) is 55.1 Å². The molecule has 2 aromatic carbocycles. The Labute approximate surface area is 122 Å². The second kappa shape index (κ2) is 5.21. The molecule has 4 heteroatoms. The minimum atomic E-state index is 0.0774. The first-order valence-corrected chi connectivity index (χ1v) is 7.40. The summed E-state index contributed by atoms with van der Waals surface area (Å²) in [5.74, 6) is 0.0774. The van der Waals surface area contributed by atoms with Gasteiger partial charge in [-0.3, -0.25) is 4.79 Å². The average molecular weight is 284 g/mol. The Balaban J connectivity index is 1.91. The number of nitrogens with one attached hydrogen (secondary N) is 1.